The molecular weight excluding hydrogens is 670 g/mol. The molecule has 1 aliphatic carbocycles. The number of anilines is 1. The van der Waals surface area contributed by atoms with Crippen LogP contribution in [0.15, 0.2) is 97.5 Å². The maximum Gasteiger partial charge on any atom is 0.408 e. The van der Waals surface area contributed by atoms with Gasteiger partial charge in [0.05, 0.1) is 19.5 Å². The third kappa shape index (κ3) is 13.0. The molecule has 0 saturated heterocycles. The van der Waals surface area contributed by atoms with E-state index in [9.17, 15) is 19.2 Å². The fraction of sp³-hybridized carbons (Fsp3) is 0.405. The molecule has 0 saturated carbocycles. The topological polar surface area (TPSA) is 141 Å². The fourth-order valence-electron chi connectivity index (χ4n) is 5.87. The lowest BCUT2D eigenvalue weighted by Crippen LogP contribution is -2.59. The number of hydrogen-bond donors (Lipinski definition) is 3. The van der Waals surface area contributed by atoms with Crippen LogP contribution in [0.1, 0.15) is 89.1 Å². The van der Waals surface area contributed by atoms with Gasteiger partial charge in [-0.05, 0) is 89.5 Å². The van der Waals surface area contributed by atoms with Gasteiger partial charge in [-0.1, -0.05) is 91.3 Å². The Morgan fingerprint density at radius 3 is 1.98 bits per heavy atom. The van der Waals surface area contributed by atoms with Gasteiger partial charge in [0, 0.05) is 6.20 Å². The number of hydrogen-bond acceptors (Lipinski definition) is 7. The first-order valence-corrected chi connectivity index (χ1v) is 18.1. The number of nitrogens with one attached hydrogen (secondary N) is 3. The van der Waals surface area contributed by atoms with Crippen molar-refractivity contribution < 1.29 is 28.7 Å². The van der Waals surface area contributed by atoms with Gasteiger partial charge in [-0.3, -0.25) is 14.4 Å². The van der Waals surface area contributed by atoms with E-state index in [1.54, 1.807) is 42.7 Å². The van der Waals surface area contributed by atoms with Crippen LogP contribution in [0.5, 0.6) is 0 Å². The second-order valence-electron chi connectivity index (χ2n) is 14.7. The number of fused-ring (bicyclic) bond motifs is 1. The van der Waals surface area contributed by atoms with Crippen LogP contribution in [0, 0.1) is 0 Å². The summed E-state index contributed by atoms with van der Waals surface area (Å²) in [6, 6.07) is 25.7. The summed E-state index contributed by atoms with van der Waals surface area (Å²) in [7, 11) is 0. The van der Waals surface area contributed by atoms with Crippen LogP contribution < -0.4 is 16.0 Å². The third-order valence-electron chi connectivity index (χ3n) is 8.56. The highest BCUT2D eigenvalue weighted by atomic mass is 16.6. The normalized spacial score (nSPS) is 13.8. The molecule has 0 fully saturated rings. The molecule has 0 bridgehead atoms. The van der Waals surface area contributed by atoms with E-state index in [2.05, 4.69) is 45.2 Å². The molecule has 4 aromatic rings. The Labute approximate surface area is 312 Å². The van der Waals surface area contributed by atoms with Gasteiger partial charge in [0.15, 0.2) is 11.6 Å². The van der Waals surface area contributed by atoms with Crippen LogP contribution in [-0.4, -0.2) is 57.0 Å². The van der Waals surface area contributed by atoms with Crippen molar-refractivity contribution in [3.05, 3.63) is 120 Å². The maximum absolute atomic E-state index is 13.4. The minimum Gasteiger partial charge on any atom is -0.444 e. The number of nitrogens with zero attached hydrogens (tertiary/aromatic N) is 2. The molecule has 0 spiro atoms. The number of carbonyl (C=O) groups excluding carboxylic acids is 4. The molecule has 282 valence electrons. The minimum atomic E-state index is -1.41. The van der Waals surface area contributed by atoms with Crippen LogP contribution in [0.4, 0.5) is 10.6 Å². The van der Waals surface area contributed by atoms with Gasteiger partial charge in [0.2, 0.25) is 5.91 Å². The van der Waals surface area contributed by atoms with E-state index in [1.807, 2.05) is 60.7 Å². The fourth-order valence-corrected chi connectivity index (χ4v) is 5.87. The lowest BCUT2D eigenvalue weighted by atomic mass is 10.0. The van der Waals surface area contributed by atoms with Crippen LogP contribution in [0.3, 0.4) is 0 Å². The molecule has 11 nitrogen and oxygen atoms in total. The number of amides is 3. The van der Waals surface area contributed by atoms with Crippen molar-refractivity contribution in [2.75, 3.05) is 11.9 Å². The summed E-state index contributed by atoms with van der Waals surface area (Å²) in [6.45, 7) is 9.68. The van der Waals surface area contributed by atoms with Crippen molar-refractivity contribution in [3.63, 3.8) is 0 Å². The molecule has 1 aromatic heterocycles. The number of carbonyl (C=O) groups is 4. The zero-order valence-electron chi connectivity index (χ0n) is 31.7. The Kier molecular flexibility index (Phi) is 14.5. The third-order valence-corrected chi connectivity index (χ3v) is 8.56. The number of imidazole rings is 1. The first kappa shape index (κ1) is 40.5. The molecule has 1 aliphatic rings. The summed E-state index contributed by atoms with van der Waals surface area (Å²) in [4.78, 5) is 55.6. The van der Waals surface area contributed by atoms with Crippen molar-refractivity contribution in [1.29, 1.82) is 0 Å². The zero-order valence-corrected chi connectivity index (χ0v) is 31.7. The standard InChI is InChI=1S/C31H39N5O6.C11H14/c1-21(37)26(23-15-11-8-12-16-23)36-17-25(32-20-36)34-27(38)24(19-41-18-22-13-9-7-10-14-22)33-28(39)31(5,6)35-29(40)42-30(2,3)4;1-2-6-10-8-4-5-9-11(10)7-3-1/h7-17,20,24,26H,18-19H2,1-6H3,(H,33,39)(H,34,38)(H,35,40);4-5,8-9H,1-3,6-7H2/t24-,26?;/m1./s1. The number of aryl methyl sites for hydroxylation is 2. The van der Waals surface area contributed by atoms with Crippen molar-refractivity contribution in [1.82, 2.24) is 20.2 Å². The molecule has 5 rings (SSSR count). The highest BCUT2D eigenvalue weighted by Gasteiger charge is 2.35. The Hall–Kier alpha value is -5.29. The van der Waals surface area contributed by atoms with Crippen molar-refractivity contribution in [2.24, 2.45) is 0 Å². The molecule has 3 N–H and O–H groups in total. The molecule has 1 heterocycles. The van der Waals surface area contributed by atoms with Crippen LogP contribution in [-0.2, 0) is 43.3 Å². The lowest BCUT2D eigenvalue weighted by molar-refractivity contribution is -0.131. The van der Waals surface area contributed by atoms with Crippen LogP contribution in [0.25, 0.3) is 0 Å². The molecular formula is C42H53N5O6. The van der Waals surface area contributed by atoms with Gasteiger partial charge in [-0.15, -0.1) is 0 Å². The number of ether oxygens (including phenoxy) is 2. The summed E-state index contributed by atoms with van der Waals surface area (Å²) in [5, 5.41) is 7.90. The highest BCUT2D eigenvalue weighted by molar-refractivity contribution is 5.98. The number of ketones is 1. The van der Waals surface area contributed by atoms with Gasteiger partial charge in [0.25, 0.3) is 5.91 Å². The summed E-state index contributed by atoms with van der Waals surface area (Å²) < 4.78 is 12.7. The predicted octanol–water partition coefficient (Wildman–Crippen LogP) is 6.96. The second-order valence-corrected chi connectivity index (χ2v) is 14.7. The smallest absolute Gasteiger partial charge is 0.408 e. The lowest BCUT2D eigenvalue weighted by Gasteiger charge is -2.29. The molecule has 11 heteroatoms. The minimum absolute atomic E-state index is 0.101. The number of alkyl carbamates (subject to hydrolysis) is 1. The summed E-state index contributed by atoms with van der Waals surface area (Å²) in [5.74, 6) is -1.12. The highest BCUT2D eigenvalue weighted by Crippen LogP contribution is 2.22. The Bertz CT molecular complexity index is 1770. The van der Waals surface area contributed by atoms with Crippen molar-refractivity contribution in [3.8, 4) is 0 Å². The van der Waals surface area contributed by atoms with Crippen LogP contribution in [0.2, 0.25) is 0 Å². The SMILES string of the molecule is CC(=O)C(c1ccccc1)n1cnc(NC(=O)[C@@H](COCc2ccccc2)NC(=O)C(C)(C)NC(=O)OC(C)(C)C)c1.c1ccc2c(c1)CCCCC2. The molecule has 1 unspecified atom stereocenters. The van der Waals surface area contributed by atoms with Crippen molar-refractivity contribution in [2.45, 2.75) is 103 Å². The van der Waals surface area contributed by atoms with Gasteiger partial charge >= 0.3 is 6.09 Å². The van der Waals surface area contributed by atoms with Gasteiger partial charge in [0.1, 0.15) is 23.2 Å². The summed E-state index contributed by atoms with van der Waals surface area (Å²) in [5.41, 5.74) is 2.68. The zero-order chi connectivity index (χ0) is 38.4. The molecule has 53 heavy (non-hydrogen) atoms. The Morgan fingerprint density at radius 1 is 0.811 bits per heavy atom. The van der Waals surface area contributed by atoms with E-state index in [1.165, 1.54) is 59.2 Å². The quantitative estimate of drug-likeness (QED) is 0.134. The van der Waals surface area contributed by atoms with E-state index >= 15 is 0 Å². The number of Topliss-reactive ketones (excluding diaryl/α,β-unsaturated/α-hetero) is 1. The largest absolute Gasteiger partial charge is 0.444 e. The molecule has 0 radical (unpaired) electrons. The average molecular weight is 724 g/mol. The number of rotatable bonds is 12. The first-order chi connectivity index (χ1) is 25.2. The summed E-state index contributed by atoms with van der Waals surface area (Å²) >= 11 is 0. The number of aromatic nitrogens is 2. The number of benzene rings is 3. The first-order valence-electron chi connectivity index (χ1n) is 18.1. The summed E-state index contributed by atoms with van der Waals surface area (Å²) in [6.07, 6.45) is 9.03. The van der Waals surface area contributed by atoms with Crippen molar-refractivity contribution >= 4 is 29.5 Å². The maximum atomic E-state index is 13.4. The van der Waals surface area contributed by atoms with E-state index < -0.39 is 41.1 Å². The van der Waals surface area contributed by atoms with E-state index in [-0.39, 0.29) is 24.8 Å². The predicted molar refractivity (Wildman–Crippen MR) is 205 cm³/mol. The average Bonchev–Trinajstić information content (AvgIpc) is 3.41. The molecule has 3 amide bonds. The van der Waals surface area contributed by atoms with E-state index in [4.69, 9.17) is 9.47 Å². The Morgan fingerprint density at radius 2 is 1.40 bits per heavy atom. The molecule has 0 aliphatic heterocycles. The molecule has 2 atom stereocenters. The Balaban J connectivity index is 0.000000480. The van der Waals surface area contributed by atoms with Gasteiger partial charge in [-0.25, -0.2) is 9.78 Å². The van der Waals surface area contributed by atoms with Gasteiger partial charge in [-0.2, -0.15) is 0 Å². The van der Waals surface area contributed by atoms with Gasteiger partial charge < -0.3 is 30.0 Å². The van der Waals surface area contributed by atoms with Crippen LogP contribution >= 0.6 is 0 Å². The second kappa shape index (κ2) is 19.0. The monoisotopic (exact) mass is 723 g/mol. The van der Waals surface area contributed by atoms with E-state index in [0.29, 0.717) is 0 Å². The van der Waals surface area contributed by atoms with E-state index in [0.717, 1.165) is 11.1 Å². The molecule has 3 aromatic carbocycles.